The second-order valence-electron chi connectivity index (χ2n) is 6.03. The smallest absolute Gasteiger partial charge is 0.341 e. The first-order chi connectivity index (χ1) is 14.3. The lowest BCUT2D eigenvalue weighted by Gasteiger charge is -2.12. The number of aliphatic carboxylic acids is 1. The van der Waals surface area contributed by atoms with Crippen molar-refractivity contribution < 1.29 is 23.8 Å². The molecule has 1 aliphatic rings. The van der Waals surface area contributed by atoms with Crippen LogP contribution in [0.2, 0.25) is 10.0 Å². The van der Waals surface area contributed by atoms with Gasteiger partial charge in [-0.25, -0.2) is 14.2 Å². The van der Waals surface area contributed by atoms with E-state index in [9.17, 15) is 14.0 Å². The van der Waals surface area contributed by atoms with Gasteiger partial charge >= 0.3 is 5.97 Å². The number of hydrogen-bond acceptors (Lipinski definition) is 5. The van der Waals surface area contributed by atoms with Gasteiger partial charge in [-0.05, 0) is 66.7 Å². The highest BCUT2D eigenvalue weighted by Gasteiger charge is 2.32. The molecule has 1 fully saturated rings. The fourth-order valence-corrected chi connectivity index (χ4v) is 4.26. The monoisotopic (exact) mass is 468 g/mol. The number of hydrogen-bond donors (Lipinski definition) is 1. The van der Waals surface area contributed by atoms with Gasteiger partial charge in [0.1, 0.15) is 5.82 Å². The summed E-state index contributed by atoms with van der Waals surface area (Å²) in [6.45, 7) is 1.65. The molecule has 1 aliphatic heterocycles. The van der Waals surface area contributed by atoms with Crippen LogP contribution in [0.15, 0.2) is 46.3 Å². The molecule has 0 spiro atoms. The summed E-state index contributed by atoms with van der Waals surface area (Å²) >= 11 is 13.5. The van der Waals surface area contributed by atoms with Crippen LogP contribution in [-0.4, -0.2) is 40.2 Å². The summed E-state index contributed by atoms with van der Waals surface area (Å²) in [4.78, 5) is 29.8. The molecular formula is C20H15Cl2FN2O4S. The Balaban J connectivity index is 1.89. The van der Waals surface area contributed by atoms with Gasteiger partial charge in [-0.1, -0.05) is 23.2 Å². The van der Waals surface area contributed by atoms with Crippen LogP contribution in [0.25, 0.3) is 6.08 Å². The second kappa shape index (κ2) is 9.51. The number of thioether (sulfide) groups is 1. The zero-order valence-electron chi connectivity index (χ0n) is 15.6. The molecule has 3 rings (SSSR count). The number of carboxylic acids is 1. The van der Waals surface area contributed by atoms with Crippen LogP contribution < -0.4 is 4.74 Å². The van der Waals surface area contributed by atoms with E-state index in [1.54, 1.807) is 6.08 Å². The van der Waals surface area contributed by atoms with Crippen LogP contribution in [0.3, 0.4) is 0 Å². The third kappa shape index (κ3) is 5.13. The molecule has 1 amide bonds. The van der Waals surface area contributed by atoms with Gasteiger partial charge in [-0.3, -0.25) is 9.69 Å². The maximum Gasteiger partial charge on any atom is 0.341 e. The zero-order chi connectivity index (χ0) is 21.8. The van der Waals surface area contributed by atoms with Crippen molar-refractivity contribution in [2.45, 2.75) is 6.92 Å². The van der Waals surface area contributed by atoms with E-state index in [2.05, 4.69) is 4.99 Å². The zero-order valence-corrected chi connectivity index (χ0v) is 17.9. The number of ether oxygens (including phenoxy) is 1. The van der Waals surface area contributed by atoms with Gasteiger partial charge in [0.2, 0.25) is 0 Å². The number of halogens is 3. The number of carbonyl (C=O) groups excluding carboxylic acids is 1. The summed E-state index contributed by atoms with van der Waals surface area (Å²) < 4.78 is 18.2. The normalized spacial score (nSPS) is 16.5. The molecule has 156 valence electrons. The van der Waals surface area contributed by atoms with E-state index in [4.69, 9.17) is 33.0 Å². The average molecular weight is 469 g/mol. The highest BCUT2D eigenvalue weighted by Crippen LogP contribution is 2.38. The minimum Gasteiger partial charge on any atom is -0.479 e. The van der Waals surface area contributed by atoms with Crippen molar-refractivity contribution in [2.24, 2.45) is 4.99 Å². The van der Waals surface area contributed by atoms with E-state index < -0.39 is 12.6 Å². The van der Waals surface area contributed by atoms with Gasteiger partial charge in [-0.15, -0.1) is 0 Å². The molecular weight excluding hydrogens is 454 g/mol. The Morgan fingerprint density at radius 1 is 1.27 bits per heavy atom. The number of carboxylic acid groups (broad SMARTS) is 1. The molecule has 1 N–H and O–H groups in total. The number of rotatable bonds is 6. The fraction of sp³-hybridized carbons (Fsp3) is 0.150. The molecule has 30 heavy (non-hydrogen) atoms. The van der Waals surface area contributed by atoms with Crippen LogP contribution in [0.1, 0.15) is 12.5 Å². The Kier molecular flexibility index (Phi) is 7.02. The predicted molar refractivity (Wildman–Crippen MR) is 116 cm³/mol. The fourth-order valence-electron chi connectivity index (χ4n) is 2.58. The lowest BCUT2D eigenvalue weighted by Crippen LogP contribution is -2.28. The molecule has 2 aromatic rings. The number of aliphatic imine (C=N–C) groups is 1. The van der Waals surface area contributed by atoms with Gasteiger partial charge < -0.3 is 9.84 Å². The first-order valence-corrected chi connectivity index (χ1v) is 10.2. The van der Waals surface area contributed by atoms with Gasteiger partial charge in [0.25, 0.3) is 5.91 Å². The third-order valence-electron chi connectivity index (χ3n) is 3.91. The average Bonchev–Trinajstić information content (AvgIpc) is 2.97. The summed E-state index contributed by atoms with van der Waals surface area (Å²) in [5.41, 5.74) is 1.07. The molecule has 10 heteroatoms. The van der Waals surface area contributed by atoms with Crippen LogP contribution >= 0.6 is 35.0 Å². The van der Waals surface area contributed by atoms with Crippen molar-refractivity contribution in [3.63, 3.8) is 0 Å². The van der Waals surface area contributed by atoms with E-state index in [1.165, 1.54) is 53.1 Å². The molecule has 2 aromatic carbocycles. The van der Waals surface area contributed by atoms with Gasteiger partial charge in [-0.2, -0.15) is 0 Å². The molecule has 0 bridgehead atoms. The Hall–Kier alpha value is -2.55. The van der Waals surface area contributed by atoms with E-state index >= 15 is 0 Å². The largest absolute Gasteiger partial charge is 0.479 e. The van der Waals surface area contributed by atoms with Crippen molar-refractivity contribution >= 4 is 63.8 Å². The van der Waals surface area contributed by atoms with E-state index in [-0.39, 0.29) is 27.5 Å². The highest BCUT2D eigenvalue weighted by molar-refractivity contribution is 8.18. The number of amidine groups is 1. The van der Waals surface area contributed by atoms with Crippen LogP contribution in [0.4, 0.5) is 10.1 Å². The van der Waals surface area contributed by atoms with E-state index in [1.807, 2.05) is 6.92 Å². The Morgan fingerprint density at radius 3 is 2.47 bits per heavy atom. The summed E-state index contributed by atoms with van der Waals surface area (Å²) in [6, 6.07) is 8.70. The van der Waals surface area contributed by atoms with Crippen LogP contribution in [0, 0.1) is 5.82 Å². The Labute approximate surface area is 185 Å². The Morgan fingerprint density at radius 2 is 1.90 bits per heavy atom. The standard InChI is InChI=1S/C20H15Cl2FN2O4S/c1-2-25-19(28)16(30-20(25)24-13-5-3-12(23)4-6-13)9-11-7-14(21)18(15(22)8-11)29-10-17(26)27/h3-9H,2,10H2,1H3,(H,26,27)/b16-9+,24-20?. The highest BCUT2D eigenvalue weighted by atomic mass is 35.5. The van der Waals surface area contributed by atoms with E-state index in [0.717, 1.165) is 0 Å². The summed E-state index contributed by atoms with van der Waals surface area (Å²) in [6.07, 6.45) is 1.61. The molecule has 0 radical (unpaired) electrons. The van der Waals surface area contributed by atoms with E-state index in [0.29, 0.717) is 27.9 Å². The van der Waals surface area contributed by atoms with Crippen molar-refractivity contribution in [2.75, 3.05) is 13.2 Å². The maximum absolute atomic E-state index is 13.1. The van der Waals surface area contributed by atoms with Crippen molar-refractivity contribution in [1.29, 1.82) is 0 Å². The van der Waals surface area contributed by atoms with Crippen molar-refractivity contribution in [1.82, 2.24) is 4.90 Å². The van der Waals surface area contributed by atoms with Crippen LogP contribution in [-0.2, 0) is 9.59 Å². The minimum atomic E-state index is -1.16. The summed E-state index contributed by atoms with van der Waals surface area (Å²) in [7, 11) is 0. The molecule has 0 aromatic heterocycles. The summed E-state index contributed by atoms with van der Waals surface area (Å²) in [5.74, 6) is -1.70. The quantitative estimate of drug-likeness (QED) is 0.587. The maximum atomic E-state index is 13.1. The van der Waals surface area contributed by atoms with Gasteiger partial charge in [0.15, 0.2) is 17.5 Å². The molecule has 0 atom stereocenters. The number of carbonyl (C=O) groups is 2. The molecule has 0 unspecified atom stereocenters. The first-order valence-electron chi connectivity index (χ1n) is 8.67. The molecule has 1 heterocycles. The predicted octanol–water partition coefficient (Wildman–Crippen LogP) is 5.22. The molecule has 0 aliphatic carbocycles. The number of amides is 1. The SMILES string of the molecule is CCN1C(=O)/C(=C\c2cc(Cl)c(OCC(=O)O)c(Cl)c2)SC1=Nc1ccc(F)cc1. The number of likely N-dealkylation sites (N-methyl/N-ethyl adjacent to an activating group) is 1. The van der Waals surface area contributed by atoms with Crippen molar-refractivity contribution in [3.8, 4) is 5.75 Å². The first kappa shape index (κ1) is 22.1. The van der Waals surface area contributed by atoms with Crippen LogP contribution in [0.5, 0.6) is 5.75 Å². The number of nitrogens with zero attached hydrogens (tertiary/aromatic N) is 2. The third-order valence-corrected chi connectivity index (χ3v) is 5.48. The molecule has 1 saturated heterocycles. The lowest BCUT2D eigenvalue weighted by atomic mass is 10.2. The van der Waals surface area contributed by atoms with Crippen molar-refractivity contribution in [3.05, 3.63) is 62.7 Å². The summed E-state index contributed by atoms with van der Waals surface area (Å²) in [5, 5.41) is 9.45. The molecule has 6 nitrogen and oxygen atoms in total. The Bertz CT molecular complexity index is 1030. The minimum absolute atomic E-state index is 0.0574. The van der Waals surface area contributed by atoms with Gasteiger partial charge in [0.05, 0.1) is 20.6 Å². The second-order valence-corrected chi connectivity index (χ2v) is 7.85. The lowest BCUT2D eigenvalue weighted by molar-refractivity contribution is -0.139. The topological polar surface area (TPSA) is 79.2 Å². The van der Waals surface area contributed by atoms with Gasteiger partial charge in [0, 0.05) is 6.54 Å². The molecule has 0 saturated carbocycles. The number of benzene rings is 2.